The second kappa shape index (κ2) is 4.68. The Morgan fingerprint density at radius 1 is 1.30 bits per heavy atom. The van der Waals surface area contributed by atoms with Gasteiger partial charge < -0.3 is 5.11 Å². The van der Waals surface area contributed by atoms with Crippen molar-refractivity contribution in [2.75, 3.05) is 0 Å². The first kappa shape index (κ1) is 13.3. The highest BCUT2D eigenvalue weighted by atomic mass is 16.3. The second-order valence-electron chi connectivity index (χ2n) is 5.60. The Balaban J connectivity index is 1.93. The van der Waals surface area contributed by atoms with Crippen molar-refractivity contribution in [3.63, 3.8) is 0 Å². The van der Waals surface area contributed by atoms with Crippen LogP contribution in [0.25, 0.3) is 0 Å². The highest BCUT2D eigenvalue weighted by Gasteiger charge is 2.43. The van der Waals surface area contributed by atoms with Gasteiger partial charge in [0.05, 0.1) is 6.04 Å². The van der Waals surface area contributed by atoms with Crippen LogP contribution in [0.2, 0.25) is 0 Å². The Kier molecular flexibility index (Phi) is 3.11. The van der Waals surface area contributed by atoms with E-state index in [0.29, 0.717) is 12.8 Å². The van der Waals surface area contributed by atoms with E-state index in [-0.39, 0.29) is 17.9 Å². The van der Waals surface area contributed by atoms with Crippen molar-refractivity contribution in [2.45, 2.75) is 45.0 Å². The van der Waals surface area contributed by atoms with Crippen molar-refractivity contribution in [1.82, 2.24) is 10.2 Å². The summed E-state index contributed by atoms with van der Waals surface area (Å²) in [6.07, 6.45) is -0.00892. The maximum Gasteiger partial charge on any atom is 0.244 e. The lowest BCUT2D eigenvalue weighted by Gasteiger charge is -2.34. The molecule has 5 nitrogen and oxygen atoms in total. The number of amides is 2. The molecule has 3 atom stereocenters. The summed E-state index contributed by atoms with van der Waals surface area (Å²) in [4.78, 5) is 25.1. The quantitative estimate of drug-likeness (QED) is 0.754. The number of fused-ring (bicyclic) bond motifs is 1. The van der Waals surface area contributed by atoms with Gasteiger partial charge in [-0.1, -0.05) is 23.8 Å². The summed E-state index contributed by atoms with van der Waals surface area (Å²) in [6, 6.07) is 5.43. The number of carbonyl (C=O) groups is 2. The van der Waals surface area contributed by atoms with Gasteiger partial charge in [-0.3, -0.25) is 19.8 Å². The number of benzene rings is 1. The van der Waals surface area contributed by atoms with Crippen molar-refractivity contribution < 1.29 is 14.7 Å². The van der Waals surface area contributed by atoms with Crippen LogP contribution in [0.1, 0.15) is 48.7 Å². The molecule has 2 amide bonds. The fourth-order valence-electron chi connectivity index (χ4n) is 3.23. The fourth-order valence-corrected chi connectivity index (χ4v) is 3.23. The molecule has 2 aliphatic rings. The highest BCUT2D eigenvalue weighted by Crippen LogP contribution is 2.43. The van der Waals surface area contributed by atoms with E-state index in [4.69, 9.17) is 0 Å². The Hall–Kier alpha value is -1.72. The number of aliphatic hydroxyl groups excluding tert-OH is 1. The van der Waals surface area contributed by atoms with Crippen molar-refractivity contribution in [3.8, 4) is 0 Å². The van der Waals surface area contributed by atoms with Gasteiger partial charge in [0.2, 0.25) is 11.8 Å². The molecule has 20 heavy (non-hydrogen) atoms. The van der Waals surface area contributed by atoms with Gasteiger partial charge >= 0.3 is 0 Å². The van der Waals surface area contributed by atoms with Crippen LogP contribution in [0.3, 0.4) is 0 Å². The smallest absolute Gasteiger partial charge is 0.244 e. The summed E-state index contributed by atoms with van der Waals surface area (Å²) in [5.74, 6) is -0.544. The van der Waals surface area contributed by atoms with Crippen LogP contribution in [0.15, 0.2) is 18.2 Å². The summed E-state index contributed by atoms with van der Waals surface area (Å²) < 4.78 is 0. The van der Waals surface area contributed by atoms with Gasteiger partial charge in [-0.2, -0.15) is 0 Å². The molecular weight excluding hydrogens is 256 g/mol. The first-order valence-corrected chi connectivity index (χ1v) is 6.88. The number of nitrogens with zero attached hydrogens (tertiary/aromatic N) is 1. The predicted octanol–water partition coefficient (Wildman–Crippen LogP) is 1.17. The molecule has 1 saturated heterocycles. The molecule has 0 spiro atoms. The minimum Gasteiger partial charge on any atom is -0.374 e. The number of aryl methyl sites for hydroxylation is 1. The van der Waals surface area contributed by atoms with Crippen LogP contribution in [0.4, 0.5) is 0 Å². The number of rotatable bonds is 1. The summed E-state index contributed by atoms with van der Waals surface area (Å²) in [6.45, 7) is 3.99. The minimum atomic E-state index is -0.787. The van der Waals surface area contributed by atoms with E-state index in [0.717, 1.165) is 16.7 Å². The average molecular weight is 274 g/mol. The molecule has 5 heteroatoms. The van der Waals surface area contributed by atoms with E-state index < -0.39 is 12.3 Å². The zero-order chi connectivity index (χ0) is 14.4. The Bertz CT molecular complexity index is 584. The van der Waals surface area contributed by atoms with E-state index in [1.165, 1.54) is 0 Å². The third kappa shape index (κ3) is 1.94. The standard InChI is InChI=1S/C15H18N2O3/c1-8-3-4-10-11(7-8)9(2)17(15(10)20)12-5-6-13(18)16-14(12)19/h3-4,7,9,12,15,20H,5-6H2,1-2H3,(H,16,18,19). The van der Waals surface area contributed by atoms with Crippen LogP contribution in [0, 0.1) is 6.92 Å². The molecule has 0 saturated carbocycles. The molecule has 106 valence electrons. The van der Waals surface area contributed by atoms with Gasteiger partial charge in [0, 0.05) is 18.0 Å². The van der Waals surface area contributed by atoms with Gasteiger partial charge in [-0.25, -0.2) is 0 Å². The molecule has 1 aromatic carbocycles. The normalized spacial score (nSPS) is 30.2. The Morgan fingerprint density at radius 2 is 2.05 bits per heavy atom. The molecule has 0 aliphatic carbocycles. The number of hydrogen-bond donors (Lipinski definition) is 2. The molecule has 2 heterocycles. The lowest BCUT2D eigenvalue weighted by Crippen LogP contribution is -2.52. The van der Waals surface area contributed by atoms with E-state index in [1.807, 2.05) is 26.0 Å². The average Bonchev–Trinajstić information content (AvgIpc) is 2.63. The van der Waals surface area contributed by atoms with Gasteiger partial charge in [0.25, 0.3) is 0 Å². The van der Waals surface area contributed by atoms with Gasteiger partial charge in [-0.15, -0.1) is 0 Å². The van der Waals surface area contributed by atoms with Crippen LogP contribution >= 0.6 is 0 Å². The first-order chi connectivity index (χ1) is 9.49. The van der Waals surface area contributed by atoms with E-state index in [2.05, 4.69) is 11.4 Å². The SMILES string of the molecule is Cc1ccc2c(c1)C(C)N(C1CCC(=O)NC1=O)C2O. The molecule has 2 aliphatic heterocycles. The Labute approximate surface area is 117 Å². The summed E-state index contributed by atoms with van der Waals surface area (Å²) in [7, 11) is 0. The number of aliphatic hydroxyl groups is 1. The number of hydrogen-bond acceptors (Lipinski definition) is 4. The topological polar surface area (TPSA) is 69.6 Å². The molecule has 0 aromatic heterocycles. The lowest BCUT2D eigenvalue weighted by atomic mass is 10.0. The molecule has 3 unspecified atom stereocenters. The first-order valence-electron chi connectivity index (χ1n) is 6.88. The highest BCUT2D eigenvalue weighted by molar-refractivity contribution is 6.00. The van der Waals surface area contributed by atoms with Crippen LogP contribution in [0.5, 0.6) is 0 Å². The van der Waals surface area contributed by atoms with Crippen LogP contribution < -0.4 is 5.32 Å². The third-order valence-corrected chi connectivity index (χ3v) is 4.27. The monoisotopic (exact) mass is 274 g/mol. The fraction of sp³-hybridized carbons (Fsp3) is 0.467. The summed E-state index contributed by atoms with van der Waals surface area (Å²) in [5.41, 5.74) is 3.04. The molecule has 2 N–H and O–H groups in total. The molecule has 0 bridgehead atoms. The largest absolute Gasteiger partial charge is 0.374 e. The lowest BCUT2D eigenvalue weighted by molar-refractivity contribution is -0.143. The second-order valence-corrected chi connectivity index (χ2v) is 5.60. The molecule has 1 fully saturated rings. The minimum absolute atomic E-state index is 0.0381. The van der Waals surface area contributed by atoms with Crippen molar-refractivity contribution in [1.29, 1.82) is 0 Å². The van der Waals surface area contributed by atoms with Crippen LogP contribution in [-0.4, -0.2) is 27.9 Å². The number of piperidine rings is 1. The maximum absolute atomic E-state index is 12.0. The maximum atomic E-state index is 12.0. The molecule has 0 radical (unpaired) electrons. The number of carbonyl (C=O) groups excluding carboxylic acids is 2. The summed E-state index contributed by atoms with van der Waals surface area (Å²) >= 11 is 0. The summed E-state index contributed by atoms with van der Waals surface area (Å²) in [5, 5.41) is 12.9. The molecule has 1 aromatic rings. The van der Waals surface area contributed by atoms with Crippen molar-refractivity contribution in [2.24, 2.45) is 0 Å². The molecule has 3 rings (SSSR count). The zero-order valence-electron chi connectivity index (χ0n) is 11.6. The van der Waals surface area contributed by atoms with E-state index in [1.54, 1.807) is 4.90 Å². The van der Waals surface area contributed by atoms with Crippen molar-refractivity contribution in [3.05, 3.63) is 34.9 Å². The Morgan fingerprint density at radius 3 is 2.75 bits per heavy atom. The van der Waals surface area contributed by atoms with Gasteiger partial charge in [0.15, 0.2) is 0 Å². The van der Waals surface area contributed by atoms with Gasteiger partial charge in [0.1, 0.15) is 6.23 Å². The zero-order valence-corrected chi connectivity index (χ0v) is 11.6. The third-order valence-electron chi connectivity index (χ3n) is 4.27. The van der Waals surface area contributed by atoms with Crippen molar-refractivity contribution >= 4 is 11.8 Å². The van der Waals surface area contributed by atoms with E-state index in [9.17, 15) is 14.7 Å². The predicted molar refractivity (Wildman–Crippen MR) is 72.6 cm³/mol. The number of nitrogens with one attached hydrogen (secondary N) is 1. The molecular formula is C15H18N2O3. The van der Waals surface area contributed by atoms with Gasteiger partial charge in [-0.05, 0) is 25.8 Å². The van der Waals surface area contributed by atoms with Crippen LogP contribution in [-0.2, 0) is 9.59 Å². The van der Waals surface area contributed by atoms with E-state index >= 15 is 0 Å². The number of imide groups is 1.